The Bertz CT molecular complexity index is 16.1. The molecule has 0 spiro atoms. The van der Waals surface area contributed by atoms with Gasteiger partial charge in [0.05, 0.1) is 0 Å². The van der Waals surface area contributed by atoms with Gasteiger partial charge in [0.2, 0.25) is 0 Å². The van der Waals surface area contributed by atoms with Crippen LogP contribution in [-0.2, 0) is 32.7 Å². The van der Waals surface area contributed by atoms with Gasteiger partial charge < -0.3 is 12.8 Å². The summed E-state index contributed by atoms with van der Waals surface area (Å²) in [6, 6.07) is 0. The van der Waals surface area contributed by atoms with E-state index in [1.807, 2.05) is 0 Å². The van der Waals surface area contributed by atoms with Crippen molar-refractivity contribution in [2.75, 3.05) is 0 Å². The van der Waals surface area contributed by atoms with Crippen molar-refractivity contribution < 1.29 is 32.7 Å². The third-order valence-electron chi connectivity index (χ3n) is 0.744. The quantitative estimate of drug-likeness (QED) is 0.453. The molecule has 0 atom stereocenters. The number of hydrogen-bond acceptors (Lipinski definition) is 0. The SMILES string of the molecule is C[CH-]CC[CH-]C.[Y]. The zero-order chi connectivity index (χ0) is 4.83. The van der Waals surface area contributed by atoms with Crippen LogP contribution in [0.15, 0.2) is 0 Å². The first-order valence-electron chi connectivity index (χ1n) is 2.47. The van der Waals surface area contributed by atoms with Gasteiger partial charge in [-0.3, -0.25) is 0 Å². The van der Waals surface area contributed by atoms with Crippen molar-refractivity contribution >= 4 is 0 Å². The van der Waals surface area contributed by atoms with E-state index in [9.17, 15) is 0 Å². The molecular formula is C6H12Y-2. The monoisotopic (exact) mass is 173 g/mol. The van der Waals surface area contributed by atoms with Crippen LogP contribution >= 0.6 is 0 Å². The maximum Gasteiger partial charge on any atom is 0 e. The minimum Gasteiger partial charge on any atom is -0.334 e. The molecule has 0 saturated carbocycles. The molecule has 7 heavy (non-hydrogen) atoms. The van der Waals surface area contributed by atoms with Crippen LogP contribution in [0.2, 0.25) is 0 Å². The van der Waals surface area contributed by atoms with E-state index in [4.69, 9.17) is 0 Å². The molecule has 0 saturated heterocycles. The minimum absolute atomic E-state index is 0. The summed E-state index contributed by atoms with van der Waals surface area (Å²) in [5.41, 5.74) is 0. The molecule has 0 aliphatic heterocycles. The molecule has 0 amide bonds. The van der Waals surface area contributed by atoms with Crippen LogP contribution in [0.1, 0.15) is 26.7 Å². The largest absolute Gasteiger partial charge is 0.334 e. The summed E-state index contributed by atoms with van der Waals surface area (Å²) < 4.78 is 0. The molecule has 1 radical (unpaired) electrons. The van der Waals surface area contributed by atoms with Crippen molar-refractivity contribution in [3.05, 3.63) is 12.8 Å². The molecule has 0 N–H and O–H groups in total. The van der Waals surface area contributed by atoms with Crippen LogP contribution in [0.25, 0.3) is 0 Å². The fourth-order valence-corrected chi connectivity index (χ4v) is 0.333. The zero-order valence-electron chi connectivity index (χ0n) is 5.15. The molecule has 0 unspecified atom stereocenters. The zero-order valence-corrected chi connectivity index (χ0v) is 7.98. The average Bonchev–Trinajstić information content (AvgIpc) is 1.61. The van der Waals surface area contributed by atoms with Crippen LogP contribution in [0.5, 0.6) is 0 Å². The summed E-state index contributed by atoms with van der Waals surface area (Å²) in [6.07, 6.45) is 6.83. The Balaban J connectivity index is 0. The molecule has 0 bridgehead atoms. The summed E-state index contributed by atoms with van der Waals surface area (Å²) >= 11 is 0. The van der Waals surface area contributed by atoms with Gasteiger partial charge in [0.1, 0.15) is 0 Å². The van der Waals surface area contributed by atoms with Gasteiger partial charge >= 0.3 is 0 Å². The van der Waals surface area contributed by atoms with Crippen molar-refractivity contribution in [1.82, 2.24) is 0 Å². The van der Waals surface area contributed by atoms with Crippen LogP contribution in [0.4, 0.5) is 0 Å². The maximum absolute atomic E-state index is 2.18. The van der Waals surface area contributed by atoms with Gasteiger partial charge in [-0.25, -0.2) is 12.8 Å². The Morgan fingerprint density at radius 3 is 1.43 bits per heavy atom. The van der Waals surface area contributed by atoms with Crippen molar-refractivity contribution in [3.8, 4) is 0 Å². The van der Waals surface area contributed by atoms with E-state index in [-0.39, 0.29) is 32.7 Å². The van der Waals surface area contributed by atoms with Gasteiger partial charge in [0, 0.05) is 32.7 Å². The van der Waals surface area contributed by atoms with Gasteiger partial charge in [0.25, 0.3) is 0 Å². The molecule has 1 heteroatoms. The van der Waals surface area contributed by atoms with E-state index in [0.29, 0.717) is 0 Å². The molecule has 0 aromatic heterocycles. The van der Waals surface area contributed by atoms with Gasteiger partial charge in [-0.2, -0.15) is 13.8 Å². The predicted octanol–water partition coefficient (Wildman–Crippen LogP) is 2.21. The van der Waals surface area contributed by atoms with Gasteiger partial charge in [-0.1, -0.05) is 0 Å². The molecule has 0 heterocycles. The van der Waals surface area contributed by atoms with Crippen LogP contribution in [-0.4, -0.2) is 0 Å². The Morgan fingerprint density at radius 2 is 1.29 bits per heavy atom. The molecule has 0 aromatic carbocycles. The first-order valence-corrected chi connectivity index (χ1v) is 2.47. The Morgan fingerprint density at radius 1 is 1.00 bits per heavy atom. The second kappa shape index (κ2) is 10.2. The molecule has 41 valence electrons. The molecular weight excluding hydrogens is 161 g/mol. The van der Waals surface area contributed by atoms with Gasteiger partial charge in [-0.05, 0) is 0 Å². The number of unbranched alkanes of at least 4 members (excludes halogenated alkanes) is 3. The van der Waals surface area contributed by atoms with Crippen LogP contribution in [0.3, 0.4) is 0 Å². The van der Waals surface area contributed by atoms with E-state index in [2.05, 4.69) is 26.7 Å². The first-order chi connectivity index (χ1) is 2.91. The van der Waals surface area contributed by atoms with Crippen molar-refractivity contribution in [1.29, 1.82) is 0 Å². The van der Waals surface area contributed by atoms with Crippen molar-refractivity contribution in [2.45, 2.75) is 26.7 Å². The van der Waals surface area contributed by atoms with Crippen molar-refractivity contribution in [3.63, 3.8) is 0 Å². The normalized spacial score (nSPS) is 7.71. The smallest absolute Gasteiger partial charge is 0 e. The van der Waals surface area contributed by atoms with Crippen molar-refractivity contribution in [2.24, 2.45) is 0 Å². The van der Waals surface area contributed by atoms with E-state index in [0.717, 1.165) is 0 Å². The summed E-state index contributed by atoms with van der Waals surface area (Å²) in [7, 11) is 0. The maximum atomic E-state index is 2.18. The fourth-order valence-electron chi connectivity index (χ4n) is 0.333. The standard InChI is InChI=1S/C6H12.Y/c1-3-5-6-4-2;/h3-4H,5-6H2,1-2H3;/q-2;. The second-order valence-corrected chi connectivity index (χ2v) is 1.39. The third kappa shape index (κ3) is 11.0. The minimum atomic E-state index is 0. The topological polar surface area (TPSA) is 0 Å². The van der Waals surface area contributed by atoms with E-state index in [1.165, 1.54) is 12.8 Å². The Hall–Kier alpha value is 1.10. The summed E-state index contributed by atoms with van der Waals surface area (Å²) in [4.78, 5) is 0. The summed E-state index contributed by atoms with van der Waals surface area (Å²) in [6.45, 7) is 4.17. The number of hydrogen-bond donors (Lipinski definition) is 0. The predicted molar refractivity (Wildman–Crippen MR) is 29.2 cm³/mol. The second-order valence-electron chi connectivity index (χ2n) is 1.39. The fraction of sp³-hybridized carbons (Fsp3) is 0.667. The molecule has 0 fully saturated rings. The molecule has 0 aliphatic rings. The first kappa shape index (κ1) is 11.0. The van der Waals surface area contributed by atoms with E-state index < -0.39 is 0 Å². The molecule has 0 aliphatic carbocycles. The number of rotatable bonds is 3. The van der Waals surface area contributed by atoms with Crippen LogP contribution in [0, 0.1) is 12.8 Å². The molecule has 0 rings (SSSR count). The summed E-state index contributed by atoms with van der Waals surface area (Å²) in [5.74, 6) is 0. The Labute approximate surface area is 71.9 Å². The van der Waals surface area contributed by atoms with Gasteiger partial charge in [-0.15, -0.1) is 0 Å². The Kier molecular flexibility index (Phi) is 15.9. The van der Waals surface area contributed by atoms with E-state index in [1.54, 1.807) is 0 Å². The molecule has 0 nitrogen and oxygen atoms in total. The van der Waals surface area contributed by atoms with E-state index >= 15 is 0 Å². The van der Waals surface area contributed by atoms with Gasteiger partial charge in [0.15, 0.2) is 0 Å². The third-order valence-corrected chi connectivity index (χ3v) is 0.744. The van der Waals surface area contributed by atoms with Crippen LogP contribution < -0.4 is 0 Å². The summed E-state index contributed by atoms with van der Waals surface area (Å²) in [5, 5.41) is 0. The average molecular weight is 173 g/mol. The molecule has 0 aromatic rings.